The van der Waals surface area contributed by atoms with Crippen molar-refractivity contribution in [3.63, 3.8) is 0 Å². The maximum Gasteiger partial charge on any atom is 0.246 e. The Hall–Kier alpha value is -2.34. The quantitative estimate of drug-likeness (QED) is 0.864. The van der Waals surface area contributed by atoms with Gasteiger partial charge in [0.25, 0.3) is 0 Å². The van der Waals surface area contributed by atoms with E-state index in [4.69, 9.17) is 10.5 Å². The average Bonchev–Trinajstić information content (AvgIpc) is 2.87. The molecule has 1 aromatic carbocycles. The molecule has 0 bridgehead atoms. The normalized spacial score (nSPS) is 11.9. The number of hydrogen-bond acceptors (Lipinski definition) is 4. The first kappa shape index (κ1) is 14.1. The second-order valence-electron chi connectivity index (χ2n) is 4.34. The van der Waals surface area contributed by atoms with Gasteiger partial charge in [0.15, 0.2) is 0 Å². The van der Waals surface area contributed by atoms with Gasteiger partial charge in [0.2, 0.25) is 5.91 Å². The Bertz CT molecular complexity index is 594. The Labute approximate surface area is 117 Å². The van der Waals surface area contributed by atoms with Crippen molar-refractivity contribution in [1.82, 2.24) is 9.78 Å². The summed E-state index contributed by atoms with van der Waals surface area (Å²) in [4.78, 5) is 12.1. The van der Waals surface area contributed by atoms with E-state index in [0.29, 0.717) is 23.6 Å². The molecule has 1 aromatic heterocycles. The molecule has 1 unspecified atom stereocenters. The van der Waals surface area contributed by atoms with Crippen molar-refractivity contribution < 1.29 is 9.53 Å². The van der Waals surface area contributed by atoms with Crippen LogP contribution < -0.4 is 15.8 Å². The van der Waals surface area contributed by atoms with Crippen LogP contribution in [-0.4, -0.2) is 22.3 Å². The first-order valence-corrected chi connectivity index (χ1v) is 6.38. The van der Waals surface area contributed by atoms with Gasteiger partial charge in [-0.1, -0.05) is 12.1 Å². The first-order chi connectivity index (χ1) is 9.61. The number of carbonyl (C=O) groups excluding carboxylic acids is 1. The van der Waals surface area contributed by atoms with Crippen molar-refractivity contribution in [2.24, 2.45) is 12.8 Å². The molecule has 0 aliphatic rings. The number of aromatic nitrogens is 2. The fourth-order valence-corrected chi connectivity index (χ4v) is 1.81. The predicted molar refractivity (Wildman–Crippen MR) is 76.4 cm³/mol. The van der Waals surface area contributed by atoms with Crippen LogP contribution in [0.2, 0.25) is 0 Å². The number of rotatable bonds is 5. The summed E-state index contributed by atoms with van der Waals surface area (Å²) in [5, 5.41) is 6.78. The highest BCUT2D eigenvalue weighted by molar-refractivity contribution is 5.96. The van der Waals surface area contributed by atoms with Crippen LogP contribution >= 0.6 is 0 Å². The van der Waals surface area contributed by atoms with Gasteiger partial charge in [-0.3, -0.25) is 9.48 Å². The molecule has 6 nitrogen and oxygen atoms in total. The molecule has 20 heavy (non-hydrogen) atoms. The van der Waals surface area contributed by atoms with Crippen LogP contribution in [0.5, 0.6) is 5.75 Å². The van der Waals surface area contributed by atoms with Crippen LogP contribution in [0, 0.1) is 0 Å². The lowest BCUT2D eigenvalue weighted by Gasteiger charge is -2.14. The zero-order valence-corrected chi connectivity index (χ0v) is 11.5. The summed E-state index contributed by atoms with van der Waals surface area (Å²) in [5.41, 5.74) is 7.19. The number of anilines is 1. The maximum atomic E-state index is 12.1. The number of benzene rings is 1. The molecule has 0 saturated carbocycles. The molecular formula is C14H18N4O2. The molecule has 3 N–H and O–H groups in total. The van der Waals surface area contributed by atoms with Crippen molar-refractivity contribution in [1.29, 1.82) is 0 Å². The van der Waals surface area contributed by atoms with E-state index in [1.165, 1.54) is 0 Å². The summed E-state index contributed by atoms with van der Waals surface area (Å²) < 4.78 is 7.06. The van der Waals surface area contributed by atoms with Crippen molar-refractivity contribution >= 4 is 11.6 Å². The van der Waals surface area contributed by atoms with Crippen LogP contribution in [0.15, 0.2) is 36.7 Å². The number of nitrogens with one attached hydrogen (secondary N) is 1. The molecule has 0 aliphatic carbocycles. The second-order valence-corrected chi connectivity index (χ2v) is 4.34. The zero-order chi connectivity index (χ0) is 14.5. The minimum Gasteiger partial charge on any atom is -0.492 e. The molecule has 0 saturated heterocycles. The Balaban J connectivity index is 2.11. The summed E-state index contributed by atoms with van der Waals surface area (Å²) in [6.45, 7) is 2.42. The van der Waals surface area contributed by atoms with Crippen molar-refractivity contribution in [3.05, 3.63) is 42.2 Å². The Morgan fingerprint density at radius 3 is 2.90 bits per heavy atom. The highest BCUT2D eigenvalue weighted by atomic mass is 16.5. The SMILES string of the molecule is CCOc1ccccc1NC(=O)C(N)c1cnn(C)c1. The van der Waals surface area contributed by atoms with E-state index >= 15 is 0 Å². The van der Waals surface area contributed by atoms with Gasteiger partial charge in [-0.25, -0.2) is 0 Å². The molecule has 0 spiro atoms. The summed E-state index contributed by atoms with van der Waals surface area (Å²) in [7, 11) is 1.78. The number of ether oxygens (including phenoxy) is 1. The number of aryl methyl sites for hydroxylation is 1. The zero-order valence-electron chi connectivity index (χ0n) is 11.5. The van der Waals surface area contributed by atoms with Crippen molar-refractivity contribution in [2.45, 2.75) is 13.0 Å². The lowest BCUT2D eigenvalue weighted by atomic mass is 10.1. The van der Waals surface area contributed by atoms with Crippen LogP contribution in [-0.2, 0) is 11.8 Å². The number of para-hydroxylation sites is 2. The maximum absolute atomic E-state index is 12.1. The van der Waals surface area contributed by atoms with Gasteiger partial charge in [0, 0.05) is 18.8 Å². The molecule has 106 valence electrons. The Kier molecular flexibility index (Phi) is 4.37. The van der Waals surface area contributed by atoms with E-state index in [0.717, 1.165) is 0 Å². The van der Waals surface area contributed by atoms with Gasteiger partial charge in [-0.05, 0) is 19.1 Å². The van der Waals surface area contributed by atoms with Crippen LogP contribution in [0.25, 0.3) is 0 Å². The molecule has 1 amide bonds. The van der Waals surface area contributed by atoms with Crippen LogP contribution in [0.1, 0.15) is 18.5 Å². The minimum absolute atomic E-state index is 0.301. The van der Waals surface area contributed by atoms with E-state index in [9.17, 15) is 4.79 Å². The monoisotopic (exact) mass is 274 g/mol. The lowest BCUT2D eigenvalue weighted by Crippen LogP contribution is -2.27. The molecule has 2 rings (SSSR count). The minimum atomic E-state index is -0.765. The lowest BCUT2D eigenvalue weighted by molar-refractivity contribution is -0.117. The fourth-order valence-electron chi connectivity index (χ4n) is 1.81. The third-order valence-electron chi connectivity index (χ3n) is 2.81. The van der Waals surface area contributed by atoms with E-state index in [1.54, 1.807) is 36.3 Å². The number of nitrogens with two attached hydrogens (primary N) is 1. The van der Waals surface area contributed by atoms with Gasteiger partial charge in [0.05, 0.1) is 18.5 Å². The third-order valence-corrected chi connectivity index (χ3v) is 2.81. The highest BCUT2D eigenvalue weighted by Gasteiger charge is 2.18. The third kappa shape index (κ3) is 3.16. The van der Waals surface area contributed by atoms with E-state index in [2.05, 4.69) is 10.4 Å². The fraction of sp³-hybridized carbons (Fsp3) is 0.286. The summed E-state index contributed by atoms with van der Waals surface area (Å²) in [6.07, 6.45) is 3.30. The molecule has 0 radical (unpaired) electrons. The first-order valence-electron chi connectivity index (χ1n) is 6.38. The molecular weight excluding hydrogens is 256 g/mol. The standard InChI is InChI=1S/C14H18N4O2/c1-3-20-12-7-5-4-6-11(12)17-14(19)13(15)10-8-16-18(2)9-10/h4-9,13H,3,15H2,1-2H3,(H,17,19). The number of hydrogen-bond donors (Lipinski definition) is 2. The Morgan fingerprint density at radius 1 is 1.50 bits per heavy atom. The van der Waals surface area contributed by atoms with Gasteiger partial charge < -0.3 is 15.8 Å². The molecule has 2 aromatic rings. The number of amides is 1. The van der Waals surface area contributed by atoms with E-state index in [1.807, 2.05) is 19.1 Å². The number of nitrogens with zero attached hydrogens (tertiary/aromatic N) is 2. The topological polar surface area (TPSA) is 82.2 Å². The summed E-state index contributed by atoms with van der Waals surface area (Å²) in [6, 6.07) is 6.49. The predicted octanol–water partition coefficient (Wildman–Crippen LogP) is 1.46. The molecule has 0 aliphatic heterocycles. The van der Waals surface area contributed by atoms with E-state index < -0.39 is 6.04 Å². The van der Waals surface area contributed by atoms with Crippen molar-refractivity contribution in [3.8, 4) is 5.75 Å². The van der Waals surface area contributed by atoms with Gasteiger partial charge in [0.1, 0.15) is 11.8 Å². The largest absolute Gasteiger partial charge is 0.492 e. The van der Waals surface area contributed by atoms with Gasteiger partial charge in [-0.15, -0.1) is 0 Å². The van der Waals surface area contributed by atoms with Gasteiger partial charge in [-0.2, -0.15) is 5.10 Å². The summed E-state index contributed by atoms with van der Waals surface area (Å²) in [5.74, 6) is 0.326. The summed E-state index contributed by atoms with van der Waals surface area (Å²) >= 11 is 0. The Morgan fingerprint density at radius 2 is 2.25 bits per heavy atom. The van der Waals surface area contributed by atoms with E-state index in [-0.39, 0.29) is 5.91 Å². The average molecular weight is 274 g/mol. The number of carbonyl (C=O) groups is 1. The highest BCUT2D eigenvalue weighted by Crippen LogP contribution is 2.24. The van der Waals surface area contributed by atoms with Crippen molar-refractivity contribution in [2.75, 3.05) is 11.9 Å². The van der Waals surface area contributed by atoms with Gasteiger partial charge >= 0.3 is 0 Å². The van der Waals surface area contributed by atoms with Crippen LogP contribution in [0.3, 0.4) is 0 Å². The molecule has 6 heteroatoms. The molecule has 1 heterocycles. The smallest absolute Gasteiger partial charge is 0.246 e. The molecule has 0 fully saturated rings. The molecule has 1 atom stereocenters. The second kappa shape index (κ2) is 6.21. The van der Waals surface area contributed by atoms with Crippen LogP contribution in [0.4, 0.5) is 5.69 Å².